The number of rotatable bonds is 3. The SMILES string of the molecule is O=C(CC1=NOC(O)(C(F)F)C1)OF. The maximum Gasteiger partial charge on any atom is 0.354 e. The molecule has 80 valence electrons. The second-order valence-corrected chi connectivity index (χ2v) is 2.70. The lowest BCUT2D eigenvalue weighted by molar-refractivity contribution is -0.253. The van der Waals surface area contributed by atoms with Gasteiger partial charge in [-0.25, -0.2) is 13.6 Å². The number of carbonyl (C=O) groups is 1. The van der Waals surface area contributed by atoms with Gasteiger partial charge in [0.15, 0.2) is 0 Å². The lowest BCUT2D eigenvalue weighted by Gasteiger charge is -2.17. The molecule has 0 saturated carbocycles. The Morgan fingerprint density at radius 3 is 2.86 bits per heavy atom. The van der Waals surface area contributed by atoms with E-state index in [-0.39, 0.29) is 5.71 Å². The van der Waals surface area contributed by atoms with Crippen LogP contribution in [0.5, 0.6) is 0 Å². The molecule has 0 saturated heterocycles. The number of oxime groups is 1. The third-order valence-corrected chi connectivity index (χ3v) is 1.57. The Kier molecular flexibility index (Phi) is 2.94. The molecule has 0 radical (unpaired) electrons. The Balaban J connectivity index is 2.51. The molecule has 1 aliphatic heterocycles. The minimum Gasteiger partial charge on any atom is -0.354 e. The summed E-state index contributed by atoms with van der Waals surface area (Å²) in [5, 5.41) is 12.0. The van der Waals surface area contributed by atoms with Gasteiger partial charge < -0.3 is 9.94 Å². The van der Waals surface area contributed by atoms with Gasteiger partial charge in [0.05, 0.1) is 18.6 Å². The largest absolute Gasteiger partial charge is 0.354 e. The van der Waals surface area contributed by atoms with Gasteiger partial charge in [-0.3, -0.25) is 4.94 Å². The zero-order valence-corrected chi connectivity index (χ0v) is 6.74. The molecule has 1 atom stereocenters. The predicted molar refractivity (Wildman–Crippen MR) is 35.9 cm³/mol. The van der Waals surface area contributed by atoms with Crippen LogP contribution >= 0.6 is 0 Å². The van der Waals surface area contributed by atoms with Crippen molar-refractivity contribution in [2.24, 2.45) is 5.16 Å². The van der Waals surface area contributed by atoms with Gasteiger partial charge in [-0.15, -0.1) is 0 Å². The summed E-state index contributed by atoms with van der Waals surface area (Å²) in [6.45, 7) is 0. The second kappa shape index (κ2) is 3.82. The van der Waals surface area contributed by atoms with E-state index in [2.05, 4.69) is 14.9 Å². The van der Waals surface area contributed by atoms with Crippen molar-refractivity contribution in [3.8, 4) is 0 Å². The zero-order chi connectivity index (χ0) is 10.8. The minimum absolute atomic E-state index is 0.199. The van der Waals surface area contributed by atoms with Crippen molar-refractivity contribution in [1.82, 2.24) is 0 Å². The number of hydrogen-bond acceptors (Lipinski definition) is 5. The Morgan fingerprint density at radius 1 is 1.79 bits per heavy atom. The lowest BCUT2D eigenvalue weighted by Crippen LogP contribution is -2.37. The predicted octanol–water partition coefficient (Wildman–Crippen LogP) is 0.534. The molecular weight excluding hydrogens is 207 g/mol. The highest BCUT2D eigenvalue weighted by molar-refractivity contribution is 5.99. The monoisotopic (exact) mass is 213 g/mol. The van der Waals surface area contributed by atoms with E-state index in [1.54, 1.807) is 0 Å². The molecule has 0 amide bonds. The molecule has 1 unspecified atom stereocenters. The van der Waals surface area contributed by atoms with Crippen LogP contribution < -0.4 is 0 Å². The lowest BCUT2D eigenvalue weighted by atomic mass is 10.1. The molecule has 0 bridgehead atoms. The fraction of sp³-hybridized carbons (Fsp3) is 0.667. The molecule has 1 rings (SSSR count). The van der Waals surface area contributed by atoms with E-state index in [9.17, 15) is 18.1 Å². The van der Waals surface area contributed by atoms with E-state index in [0.29, 0.717) is 0 Å². The van der Waals surface area contributed by atoms with Crippen molar-refractivity contribution in [1.29, 1.82) is 0 Å². The summed E-state index contributed by atoms with van der Waals surface area (Å²) in [6, 6.07) is 0. The standard InChI is InChI=1S/C6H6F3NO4/c7-5(8)6(12)2-3(10-14-6)1-4(11)13-9/h5,12H,1-2H2. The van der Waals surface area contributed by atoms with Crippen molar-refractivity contribution >= 4 is 11.7 Å². The number of halogens is 3. The van der Waals surface area contributed by atoms with Crippen molar-refractivity contribution in [2.45, 2.75) is 25.1 Å². The highest BCUT2D eigenvalue weighted by Crippen LogP contribution is 2.28. The fourth-order valence-corrected chi connectivity index (χ4v) is 0.906. The Hall–Kier alpha value is -1.31. The number of hydrogen-bond donors (Lipinski definition) is 1. The first kappa shape index (κ1) is 10.8. The van der Waals surface area contributed by atoms with Crippen LogP contribution in [0.3, 0.4) is 0 Å². The van der Waals surface area contributed by atoms with E-state index in [4.69, 9.17) is 5.11 Å². The normalized spacial score (nSPS) is 25.9. The minimum atomic E-state index is -3.16. The van der Waals surface area contributed by atoms with Crippen LogP contribution in [0.4, 0.5) is 13.3 Å². The topological polar surface area (TPSA) is 68.1 Å². The summed E-state index contributed by atoms with van der Waals surface area (Å²) in [7, 11) is 0. The first-order valence-electron chi connectivity index (χ1n) is 3.54. The molecule has 1 aliphatic rings. The molecule has 5 nitrogen and oxygen atoms in total. The fourth-order valence-electron chi connectivity index (χ4n) is 0.906. The molecule has 1 N–H and O–H groups in total. The highest BCUT2D eigenvalue weighted by atomic mass is 19.3. The maximum atomic E-state index is 12.1. The third-order valence-electron chi connectivity index (χ3n) is 1.57. The van der Waals surface area contributed by atoms with E-state index in [1.807, 2.05) is 0 Å². The average Bonchev–Trinajstić information content (AvgIpc) is 2.49. The summed E-state index contributed by atoms with van der Waals surface area (Å²) in [4.78, 5) is 17.2. The van der Waals surface area contributed by atoms with Gasteiger partial charge in [-0.05, 0) is 0 Å². The van der Waals surface area contributed by atoms with Crippen LogP contribution in [-0.4, -0.2) is 29.0 Å². The van der Waals surface area contributed by atoms with Crippen LogP contribution in [-0.2, 0) is 14.6 Å². The summed E-state index contributed by atoms with van der Waals surface area (Å²) < 4.78 is 35.4. The van der Waals surface area contributed by atoms with Gasteiger partial charge in [-0.1, -0.05) is 5.16 Å². The van der Waals surface area contributed by atoms with E-state index < -0.39 is 31.0 Å². The quantitative estimate of drug-likeness (QED) is 0.742. The first-order chi connectivity index (χ1) is 6.48. The van der Waals surface area contributed by atoms with Gasteiger partial charge in [0.25, 0.3) is 0 Å². The highest BCUT2D eigenvalue weighted by Gasteiger charge is 2.46. The summed E-state index contributed by atoms with van der Waals surface area (Å²) >= 11 is 0. The smallest absolute Gasteiger partial charge is 0.354 e. The molecule has 8 heteroatoms. The first-order valence-corrected chi connectivity index (χ1v) is 3.54. The Bertz CT molecular complexity index is 270. The molecule has 0 aliphatic carbocycles. The van der Waals surface area contributed by atoms with Crippen LogP contribution in [0, 0.1) is 0 Å². The molecule has 0 fully saturated rings. The Labute approximate surface area is 76.0 Å². The van der Waals surface area contributed by atoms with Gasteiger partial charge >= 0.3 is 18.2 Å². The van der Waals surface area contributed by atoms with Crippen molar-refractivity contribution in [3.63, 3.8) is 0 Å². The Morgan fingerprint density at radius 2 is 2.43 bits per heavy atom. The van der Waals surface area contributed by atoms with Gasteiger partial charge in [-0.2, -0.15) is 0 Å². The van der Waals surface area contributed by atoms with Crippen molar-refractivity contribution < 1.29 is 33.0 Å². The van der Waals surface area contributed by atoms with Gasteiger partial charge in [0, 0.05) is 4.53 Å². The number of carbonyl (C=O) groups excluding carboxylic acids is 1. The zero-order valence-electron chi connectivity index (χ0n) is 6.74. The van der Waals surface area contributed by atoms with Crippen molar-refractivity contribution in [3.05, 3.63) is 0 Å². The number of alkyl halides is 2. The molecular formula is C6H6F3NO4. The van der Waals surface area contributed by atoms with Crippen LogP contribution in [0.1, 0.15) is 12.8 Å². The number of aliphatic hydroxyl groups is 1. The molecule has 0 aromatic carbocycles. The molecule has 1 heterocycles. The molecule has 0 aromatic rings. The number of nitrogens with zero attached hydrogens (tertiary/aromatic N) is 1. The van der Waals surface area contributed by atoms with Crippen molar-refractivity contribution in [2.75, 3.05) is 0 Å². The summed E-state index contributed by atoms with van der Waals surface area (Å²) in [5.74, 6) is -4.00. The third kappa shape index (κ3) is 2.13. The van der Waals surface area contributed by atoms with E-state index in [1.165, 1.54) is 0 Å². The second-order valence-electron chi connectivity index (χ2n) is 2.70. The molecule has 0 aromatic heterocycles. The average molecular weight is 213 g/mol. The molecule has 14 heavy (non-hydrogen) atoms. The summed E-state index contributed by atoms with van der Waals surface area (Å²) in [5.41, 5.74) is -0.199. The van der Waals surface area contributed by atoms with Gasteiger partial charge in [0.1, 0.15) is 0 Å². The van der Waals surface area contributed by atoms with Crippen LogP contribution in [0.25, 0.3) is 0 Å². The van der Waals surface area contributed by atoms with Crippen LogP contribution in [0.15, 0.2) is 5.16 Å². The maximum absolute atomic E-state index is 12.1. The van der Waals surface area contributed by atoms with E-state index >= 15 is 0 Å². The summed E-state index contributed by atoms with van der Waals surface area (Å²) in [6.07, 6.45) is -4.45. The van der Waals surface area contributed by atoms with Crippen LogP contribution in [0.2, 0.25) is 0 Å². The van der Waals surface area contributed by atoms with Gasteiger partial charge in [0.2, 0.25) is 0 Å². The van der Waals surface area contributed by atoms with E-state index in [0.717, 1.165) is 0 Å². The molecule has 0 spiro atoms.